The maximum Gasteiger partial charge on any atom is 0.416 e. The first-order valence-electron chi connectivity index (χ1n) is 5.41. The lowest BCUT2D eigenvalue weighted by molar-refractivity contribution is -0.137. The SMILES string of the molecule is Nc1nc(Cl)nc(NCc2ccc(C(F)(F)F)cc2)n1. The smallest absolute Gasteiger partial charge is 0.368 e. The number of anilines is 2. The Kier molecular flexibility index (Phi) is 3.93. The van der Waals surface area contributed by atoms with E-state index in [0.29, 0.717) is 5.56 Å². The molecule has 9 heteroatoms. The summed E-state index contributed by atoms with van der Waals surface area (Å²) >= 11 is 5.60. The molecule has 0 aliphatic rings. The Morgan fingerprint density at radius 2 is 1.75 bits per heavy atom. The van der Waals surface area contributed by atoms with E-state index in [1.54, 1.807) is 0 Å². The normalized spacial score (nSPS) is 11.4. The van der Waals surface area contributed by atoms with E-state index in [9.17, 15) is 13.2 Å². The Bertz CT molecular complexity index is 580. The average molecular weight is 304 g/mol. The monoisotopic (exact) mass is 303 g/mol. The third kappa shape index (κ3) is 3.70. The van der Waals surface area contributed by atoms with Gasteiger partial charge in [0.25, 0.3) is 0 Å². The van der Waals surface area contributed by atoms with Gasteiger partial charge in [-0.1, -0.05) is 12.1 Å². The van der Waals surface area contributed by atoms with Crippen LogP contribution >= 0.6 is 11.6 Å². The van der Waals surface area contributed by atoms with Crippen molar-refractivity contribution < 1.29 is 13.2 Å². The van der Waals surface area contributed by atoms with Crippen LogP contribution < -0.4 is 11.1 Å². The summed E-state index contributed by atoms with van der Waals surface area (Å²) < 4.78 is 37.2. The summed E-state index contributed by atoms with van der Waals surface area (Å²) in [6.45, 7) is 0.234. The molecule has 1 aromatic carbocycles. The summed E-state index contributed by atoms with van der Waals surface area (Å²) in [4.78, 5) is 11.1. The van der Waals surface area contributed by atoms with Gasteiger partial charge in [0, 0.05) is 6.54 Å². The van der Waals surface area contributed by atoms with E-state index in [2.05, 4.69) is 20.3 Å². The van der Waals surface area contributed by atoms with Crippen molar-refractivity contribution in [1.82, 2.24) is 15.0 Å². The number of nitrogen functional groups attached to an aromatic ring is 1. The number of hydrogen-bond acceptors (Lipinski definition) is 5. The largest absolute Gasteiger partial charge is 0.416 e. The van der Waals surface area contributed by atoms with Crippen LogP contribution in [0.2, 0.25) is 5.28 Å². The first-order valence-corrected chi connectivity index (χ1v) is 5.79. The van der Waals surface area contributed by atoms with Crippen LogP contribution in [0.15, 0.2) is 24.3 Å². The van der Waals surface area contributed by atoms with Gasteiger partial charge in [-0.05, 0) is 29.3 Å². The molecule has 0 spiro atoms. The van der Waals surface area contributed by atoms with Crippen molar-refractivity contribution in [3.8, 4) is 0 Å². The topological polar surface area (TPSA) is 76.7 Å². The highest BCUT2D eigenvalue weighted by molar-refractivity contribution is 6.28. The number of alkyl halides is 3. The zero-order chi connectivity index (χ0) is 14.8. The summed E-state index contributed by atoms with van der Waals surface area (Å²) in [6, 6.07) is 4.74. The van der Waals surface area contributed by atoms with E-state index < -0.39 is 11.7 Å². The Labute approximate surface area is 117 Å². The Morgan fingerprint density at radius 3 is 2.30 bits per heavy atom. The quantitative estimate of drug-likeness (QED) is 0.911. The van der Waals surface area contributed by atoms with Crippen molar-refractivity contribution in [3.05, 3.63) is 40.7 Å². The molecule has 2 aromatic rings. The fourth-order valence-corrected chi connectivity index (χ4v) is 1.60. The van der Waals surface area contributed by atoms with Crippen molar-refractivity contribution in [3.63, 3.8) is 0 Å². The van der Waals surface area contributed by atoms with Gasteiger partial charge in [-0.2, -0.15) is 28.1 Å². The molecule has 0 radical (unpaired) electrons. The minimum atomic E-state index is -4.35. The molecule has 0 aliphatic heterocycles. The predicted molar refractivity (Wildman–Crippen MR) is 68.0 cm³/mol. The van der Waals surface area contributed by atoms with Crippen molar-refractivity contribution in [2.24, 2.45) is 0 Å². The maximum atomic E-state index is 12.4. The molecule has 0 atom stereocenters. The minimum Gasteiger partial charge on any atom is -0.368 e. The van der Waals surface area contributed by atoms with E-state index in [1.165, 1.54) is 12.1 Å². The van der Waals surface area contributed by atoms with Crippen molar-refractivity contribution in [1.29, 1.82) is 0 Å². The fraction of sp³-hybridized carbons (Fsp3) is 0.182. The number of aromatic nitrogens is 3. The molecule has 0 bridgehead atoms. The highest BCUT2D eigenvalue weighted by Crippen LogP contribution is 2.29. The van der Waals surface area contributed by atoms with Crippen LogP contribution in [-0.4, -0.2) is 15.0 Å². The third-order valence-corrected chi connectivity index (χ3v) is 2.53. The van der Waals surface area contributed by atoms with Crippen molar-refractivity contribution in [2.45, 2.75) is 12.7 Å². The molecule has 1 aromatic heterocycles. The summed E-state index contributed by atoms with van der Waals surface area (Å²) in [5.74, 6) is 0.113. The predicted octanol–water partition coefficient (Wildman–Crippen LogP) is 2.74. The summed E-state index contributed by atoms with van der Waals surface area (Å²) in [7, 11) is 0. The molecular weight excluding hydrogens is 295 g/mol. The number of benzene rings is 1. The summed E-state index contributed by atoms with van der Waals surface area (Å²) in [6.07, 6.45) is -4.35. The molecule has 3 N–H and O–H groups in total. The number of halogens is 4. The van der Waals surface area contributed by atoms with Crippen LogP contribution in [0.3, 0.4) is 0 Å². The van der Waals surface area contributed by atoms with Crippen LogP contribution in [-0.2, 0) is 12.7 Å². The molecule has 2 rings (SSSR count). The van der Waals surface area contributed by atoms with Gasteiger partial charge in [-0.3, -0.25) is 0 Å². The molecule has 0 amide bonds. The lowest BCUT2D eigenvalue weighted by Gasteiger charge is -2.08. The Morgan fingerprint density at radius 1 is 1.10 bits per heavy atom. The van der Waals surface area contributed by atoms with Crippen LogP contribution in [0, 0.1) is 0 Å². The molecule has 0 fully saturated rings. The maximum absolute atomic E-state index is 12.4. The molecule has 5 nitrogen and oxygen atoms in total. The van der Waals surface area contributed by atoms with E-state index >= 15 is 0 Å². The second-order valence-electron chi connectivity index (χ2n) is 3.83. The molecule has 1 heterocycles. The highest BCUT2D eigenvalue weighted by Gasteiger charge is 2.29. The number of rotatable bonds is 3. The second kappa shape index (κ2) is 5.49. The second-order valence-corrected chi connectivity index (χ2v) is 4.17. The van der Waals surface area contributed by atoms with Crippen molar-refractivity contribution >= 4 is 23.5 Å². The molecule has 20 heavy (non-hydrogen) atoms. The third-order valence-electron chi connectivity index (χ3n) is 2.36. The lowest BCUT2D eigenvalue weighted by Crippen LogP contribution is -2.08. The van der Waals surface area contributed by atoms with Crippen LogP contribution in [0.5, 0.6) is 0 Å². The van der Waals surface area contributed by atoms with Gasteiger partial charge < -0.3 is 11.1 Å². The van der Waals surface area contributed by atoms with Gasteiger partial charge in [0.1, 0.15) is 0 Å². The highest BCUT2D eigenvalue weighted by atomic mass is 35.5. The zero-order valence-corrected chi connectivity index (χ0v) is 10.7. The average Bonchev–Trinajstić information content (AvgIpc) is 2.35. The molecule has 0 aliphatic carbocycles. The molecule has 106 valence electrons. The fourth-order valence-electron chi connectivity index (χ4n) is 1.44. The van der Waals surface area contributed by atoms with Gasteiger partial charge in [0.15, 0.2) is 0 Å². The molecule has 0 unspecified atom stereocenters. The van der Waals surface area contributed by atoms with Gasteiger partial charge in [-0.15, -0.1) is 0 Å². The van der Waals surface area contributed by atoms with Gasteiger partial charge in [0.05, 0.1) is 5.56 Å². The minimum absolute atomic E-state index is 0.0417. The number of nitrogens with one attached hydrogen (secondary N) is 1. The Balaban J connectivity index is 2.04. The van der Waals surface area contributed by atoms with E-state index in [4.69, 9.17) is 17.3 Å². The summed E-state index contributed by atoms with van der Waals surface area (Å²) in [5, 5.41) is 2.73. The van der Waals surface area contributed by atoms with E-state index in [0.717, 1.165) is 12.1 Å². The van der Waals surface area contributed by atoms with Crippen molar-refractivity contribution in [2.75, 3.05) is 11.1 Å². The van der Waals surface area contributed by atoms with Crippen LogP contribution in [0.4, 0.5) is 25.1 Å². The van der Waals surface area contributed by atoms with E-state index in [-0.39, 0.29) is 23.7 Å². The first-order chi connectivity index (χ1) is 9.34. The van der Waals surface area contributed by atoms with E-state index in [1.807, 2.05) is 0 Å². The number of nitrogens with zero attached hydrogens (tertiary/aromatic N) is 3. The lowest BCUT2D eigenvalue weighted by atomic mass is 10.1. The number of nitrogens with two attached hydrogens (primary N) is 1. The van der Waals surface area contributed by atoms with Gasteiger partial charge in [-0.25, -0.2) is 0 Å². The van der Waals surface area contributed by atoms with Gasteiger partial charge >= 0.3 is 6.18 Å². The van der Waals surface area contributed by atoms with Crippen LogP contribution in [0.1, 0.15) is 11.1 Å². The first kappa shape index (κ1) is 14.3. The summed E-state index contributed by atoms with van der Waals surface area (Å²) in [5.41, 5.74) is 5.32. The zero-order valence-electron chi connectivity index (χ0n) is 9.95. The van der Waals surface area contributed by atoms with Crippen LogP contribution in [0.25, 0.3) is 0 Å². The molecule has 0 saturated carbocycles. The van der Waals surface area contributed by atoms with Gasteiger partial charge in [0.2, 0.25) is 17.2 Å². The molecule has 0 saturated heterocycles. The Hall–Kier alpha value is -2.09. The number of hydrogen-bond donors (Lipinski definition) is 2. The molecular formula is C11H9ClF3N5. The standard InChI is InChI=1S/C11H9ClF3N5/c12-8-18-9(16)20-10(19-8)17-5-6-1-3-7(4-2-6)11(13,14)15/h1-4H,5H2,(H3,16,17,18,19,20).